The molecule has 0 aromatic heterocycles. The summed E-state index contributed by atoms with van der Waals surface area (Å²) in [5.74, 6) is -0.197. The summed E-state index contributed by atoms with van der Waals surface area (Å²) < 4.78 is 0. The van der Waals surface area contributed by atoms with Gasteiger partial charge in [0.25, 0.3) is 0 Å². The number of aliphatic hydroxyl groups is 2. The maximum Gasteiger partial charge on any atom is 0.335 e. The number of hydrogen-bond donors (Lipinski definition) is 3. The summed E-state index contributed by atoms with van der Waals surface area (Å²) in [7, 11) is 0. The number of carbonyl (C=O) groups is 1. The van der Waals surface area contributed by atoms with Crippen LogP contribution in [0.1, 0.15) is 56.3 Å². The molecule has 0 saturated carbocycles. The zero-order valence-corrected chi connectivity index (χ0v) is 12.3. The van der Waals surface area contributed by atoms with Crippen molar-refractivity contribution in [2.45, 2.75) is 52.2 Å². The van der Waals surface area contributed by atoms with Crippen molar-refractivity contribution in [2.75, 3.05) is 0 Å². The lowest BCUT2D eigenvalue weighted by Crippen LogP contribution is -2.08. The lowest BCUT2D eigenvalue weighted by atomic mass is 9.95. The molecule has 0 aliphatic heterocycles. The van der Waals surface area contributed by atoms with E-state index in [9.17, 15) is 4.79 Å². The van der Waals surface area contributed by atoms with Gasteiger partial charge in [0, 0.05) is 0 Å². The second kappa shape index (κ2) is 11.4. The predicted octanol–water partition coefficient (Wildman–Crippen LogP) is 3.29. The molecular formula is C16H26O4. The van der Waals surface area contributed by atoms with Crippen molar-refractivity contribution in [1.82, 2.24) is 0 Å². The summed E-state index contributed by atoms with van der Waals surface area (Å²) in [6.45, 7) is 4.32. The fourth-order valence-electron chi connectivity index (χ4n) is 1.93. The minimum atomic E-state index is -1.11. The molecule has 20 heavy (non-hydrogen) atoms. The smallest absolute Gasteiger partial charge is 0.335 e. The number of aliphatic hydroxyl groups excluding tert-OH is 1. The van der Waals surface area contributed by atoms with Gasteiger partial charge in [-0.1, -0.05) is 51.3 Å². The first-order chi connectivity index (χ1) is 9.51. The normalized spacial score (nSPS) is 11.7. The van der Waals surface area contributed by atoms with Gasteiger partial charge < -0.3 is 15.3 Å². The Morgan fingerprint density at radius 2 is 1.65 bits per heavy atom. The summed E-state index contributed by atoms with van der Waals surface area (Å²) >= 11 is 0. The van der Waals surface area contributed by atoms with Crippen LogP contribution in [-0.4, -0.2) is 27.6 Å². The number of rotatable bonds is 7. The minimum Gasteiger partial charge on any atom is -0.478 e. The van der Waals surface area contributed by atoms with Crippen molar-refractivity contribution >= 4 is 5.97 Å². The van der Waals surface area contributed by atoms with Crippen LogP contribution in [0.3, 0.4) is 0 Å². The average Bonchev–Trinajstić information content (AvgIpc) is 2.45. The van der Waals surface area contributed by atoms with E-state index >= 15 is 0 Å². The van der Waals surface area contributed by atoms with Gasteiger partial charge in [0.2, 0.25) is 0 Å². The summed E-state index contributed by atoms with van der Waals surface area (Å²) in [4.78, 5) is 10.2. The van der Waals surface area contributed by atoms with Gasteiger partial charge in [0.05, 0.1) is 5.56 Å². The Balaban J connectivity index is 0.000000367. The second-order valence-corrected chi connectivity index (χ2v) is 4.79. The van der Waals surface area contributed by atoms with Crippen LogP contribution < -0.4 is 0 Å². The first-order valence-corrected chi connectivity index (χ1v) is 7.15. The van der Waals surface area contributed by atoms with Crippen molar-refractivity contribution in [1.29, 1.82) is 0 Å². The van der Waals surface area contributed by atoms with Crippen LogP contribution in [0.5, 0.6) is 0 Å². The topological polar surface area (TPSA) is 77.8 Å². The highest BCUT2D eigenvalue weighted by Crippen LogP contribution is 2.17. The summed E-state index contributed by atoms with van der Waals surface area (Å²) in [6, 6.07) is 8.30. The van der Waals surface area contributed by atoms with E-state index in [0.29, 0.717) is 17.9 Å². The van der Waals surface area contributed by atoms with Crippen LogP contribution in [0.4, 0.5) is 0 Å². The number of benzene rings is 1. The van der Waals surface area contributed by atoms with Crippen LogP contribution >= 0.6 is 0 Å². The zero-order valence-electron chi connectivity index (χ0n) is 12.3. The number of hydrogen-bond acceptors (Lipinski definition) is 3. The van der Waals surface area contributed by atoms with Crippen molar-refractivity contribution in [3.8, 4) is 0 Å². The Hall–Kier alpha value is -1.39. The molecule has 0 fully saturated rings. The molecule has 0 bridgehead atoms. The molecule has 0 spiro atoms. The number of carboxylic acid groups (broad SMARTS) is 1. The minimum absolute atomic E-state index is 0.331. The SMILES string of the molecule is CCCC(CC)CCC(O)O.O=C(O)c1ccccc1. The molecule has 3 N–H and O–H groups in total. The van der Waals surface area contributed by atoms with E-state index < -0.39 is 12.3 Å². The van der Waals surface area contributed by atoms with E-state index in [1.165, 1.54) is 12.8 Å². The van der Waals surface area contributed by atoms with E-state index in [1.54, 1.807) is 30.3 Å². The Labute approximate surface area is 121 Å². The molecule has 1 aromatic carbocycles. The molecular weight excluding hydrogens is 256 g/mol. The van der Waals surface area contributed by atoms with Crippen LogP contribution in [0.25, 0.3) is 0 Å². The monoisotopic (exact) mass is 282 g/mol. The number of carboxylic acids is 1. The molecule has 1 unspecified atom stereocenters. The third-order valence-electron chi connectivity index (χ3n) is 3.13. The molecule has 1 atom stereocenters. The van der Waals surface area contributed by atoms with Gasteiger partial charge in [-0.15, -0.1) is 0 Å². The molecule has 4 heteroatoms. The summed E-state index contributed by atoms with van der Waals surface area (Å²) in [5.41, 5.74) is 0.331. The van der Waals surface area contributed by atoms with E-state index in [-0.39, 0.29) is 0 Å². The van der Waals surface area contributed by atoms with E-state index in [0.717, 1.165) is 12.8 Å². The summed E-state index contributed by atoms with van der Waals surface area (Å²) in [6.07, 6.45) is 3.92. The fourth-order valence-corrected chi connectivity index (χ4v) is 1.93. The fraction of sp³-hybridized carbons (Fsp3) is 0.562. The van der Waals surface area contributed by atoms with Crippen LogP contribution in [-0.2, 0) is 0 Å². The largest absolute Gasteiger partial charge is 0.478 e. The van der Waals surface area contributed by atoms with Crippen LogP contribution in [0, 0.1) is 5.92 Å². The molecule has 0 saturated heterocycles. The van der Waals surface area contributed by atoms with Crippen molar-refractivity contribution in [3.05, 3.63) is 35.9 Å². The Morgan fingerprint density at radius 3 is 2.00 bits per heavy atom. The maximum atomic E-state index is 10.2. The van der Waals surface area contributed by atoms with Gasteiger partial charge in [-0.2, -0.15) is 0 Å². The number of aromatic carboxylic acids is 1. The molecule has 1 aromatic rings. The van der Waals surface area contributed by atoms with E-state index in [2.05, 4.69) is 13.8 Å². The van der Waals surface area contributed by atoms with E-state index in [1.807, 2.05) is 0 Å². The molecule has 0 amide bonds. The third-order valence-corrected chi connectivity index (χ3v) is 3.13. The van der Waals surface area contributed by atoms with E-state index in [4.69, 9.17) is 15.3 Å². The van der Waals surface area contributed by atoms with Gasteiger partial charge in [-0.3, -0.25) is 0 Å². The molecule has 0 heterocycles. The second-order valence-electron chi connectivity index (χ2n) is 4.79. The Bertz CT molecular complexity index is 349. The van der Waals surface area contributed by atoms with Crippen molar-refractivity contribution in [3.63, 3.8) is 0 Å². The van der Waals surface area contributed by atoms with Gasteiger partial charge >= 0.3 is 5.97 Å². The van der Waals surface area contributed by atoms with Crippen LogP contribution in [0.2, 0.25) is 0 Å². The first-order valence-electron chi connectivity index (χ1n) is 7.15. The molecule has 0 aliphatic carbocycles. The molecule has 1 rings (SSSR count). The first kappa shape index (κ1) is 18.6. The quantitative estimate of drug-likeness (QED) is 0.671. The van der Waals surface area contributed by atoms with Gasteiger partial charge in [0.1, 0.15) is 0 Å². The molecule has 114 valence electrons. The highest BCUT2D eigenvalue weighted by atomic mass is 16.5. The maximum absolute atomic E-state index is 10.2. The van der Waals surface area contributed by atoms with Gasteiger partial charge in [-0.25, -0.2) is 4.79 Å². The predicted molar refractivity (Wildman–Crippen MR) is 79.5 cm³/mol. The highest BCUT2D eigenvalue weighted by Gasteiger charge is 2.06. The van der Waals surface area contributed by atoms with Crippen molar-refractivity contribution < 1.29 is 20.1 Å². The molecule has 0 radical (unpaired) electrons. The zero-order chi connectivity index (χ0) is 15.4. The Morgan fingerprint density at radius 1 is 1.05 bits per heavy atom. The third kappa shape index (κ3) is 9.53. The average molecular weight is 282 g/mol. The van der Waals surface area contributed by atoms with Gasteiger partial charge in [-0.05, 0) is 30.9 Å². The highest BCUT2D eigenvalue weighted by molar-refractivity contribution is 5.87. The lowest BCUT2D eigenvalue weighted by Gasteiger charge is -2.13. The standard InChI is InChI=1S/C9H20O2.C7H6O2/c1-3-5-8(4-2)6-7-9(10)11;8-7(9)6-4-2-1-3-5-6/h8-11H,3-7H2,1-2H3;1-5H,(H,8,9). The lowest BCUT2D eigenvalue weighted by molar-refractivity contribution is -0.0491. The summed E-state index contributed by atoms with van der Waals surface area (Å²) in [5, 5.41) is 25.6. The van der Waals surface area contributed by atoms with Gasteiger partial charge in [0.15, 0.2) is 6.29 Å². The molecule has 4 nitrogen and oxygen atoms in total. The molecule has 0 aliphatic rings. The van der Waals surface area contributed by atoms with Crippen LogP contribution in [0.15, 0.2) is 30.3 Å². The Kier molecular flexibility index (Phi) is 10.6. The van der Waals surface area contributed by atoms with Crippen molar-refractivity contribution in [2.24, 2.45) is 5.92 Å².